The average Bonchev–Trinajstić information content (AvgIpc) is 2.93. The number of hydrogen-bond acceptors (Lipinski definition) is 4. The van der Waals surface area contributed by atoms with Gasteiger partial charge in [0.1, 0.15) is 9.88 Å². The van der Waals surface area contributed by atoms with Crippen molar-refractivity contribution in [2.24, 2.45) is 0 Å². The lowest BCUT2D eigenvalue weighted by Gasteiger charge is -2.17. The van der Waals surface area contributed by atoms with Gasteiger partial charge in [0.05, 0.1) is 10.7 Å². The Morgan fingerprint density at radius 3 is 2.62 bits per heavy atom. The Bertz CT molecular complexity index is 714. The van der Waals surface area contributed by atoms with Gasteiger partial charge < -0.3 is 10.2 Å². The Morgan fingerprint density at radius 2 is 2.00 bits per heavy atom. The van der Waals surface area contributed by atoms with Crippen LogP contribution in [0.4, 0.5) is 0 Å². The number of nitrogens with zero attached hydrogens (tertiary/aromatic N) is 2. The van der Waals surface area contributed by atoms with Crippen LogP contribution >= 0.6 is 34.5 Å². The summed E-state index contributed by atoms with van der Waals surface area (Å²) < 4.78 is 0. The van der Waals surface area contributed by atoms with Crippen molar-refractivity contribution in [3.63, 3.8) is 0 Å². The van der Waals surface area contributed by atoms with Gasteiger partial charge in [0, 0.05) is 23.7 Å². The molecule has 1 aromatic heterocycles. The summed E-state index contributed by atoms with van der Waals surface area (Å²) in [5.74, 6) is -0.0894. The molecule has 0 aliphatic rings. The van der Waals surface area contributed by atoms with Gasteiger partial charge in [0.2, 0.25) is 0 Å². The Kier molecular flexibility index (Phi) is 7.04. The fraction of sp³-hybridized carbons (Fsp3) is 0.412. The molecule has 1 heterocycles. The first-order chi connectivity index (χ1) is 11.5. The standard InChI is InChI=1S/C17H21Cl2N3OS/c1-4-22(5-2)9-8-20-16(23)15-11(3)21-17(24-15)13-7-6-12(18)10-14(13)19/h6-7,10H,4-5,8-9H2,1-3H3,(H,20,23). The number of aromatic nitrogens is 1. The first kappa shape index (κ1) is 19.2. The van der Waals surface area contributed by atoms with Crippen molar-refractivity contribution < 1.29 is 4.79 Å². The van der Waals surface area contributed by atoms with Crippen LogP contribution in [0.2, 0.25) is 10.0 Å². The molecule has 0 atom stereocenters. The van der Waals surface area contributed by atoms with E-state index in [0.717, 1.165) is 30.2 Å². The highest BCUT2D eigenvalue weighted by atomic mass is 35.5. The number of aryl methyl sites for hydroxylation is 1. The van der Waals surface area contributed by atoms with Gasteiger partial charge in [-0.15, -0.1) is 11.3 Å². The van der Waals surface area contributed by atoms with Crippen LogP contribution in [0.5, 0.6) is 0 Å². The first-order valence-corrected chi connectivity index (χ1v) is 9.46. The SMILES string of the molecule is CCN(CC)CCNC(=O)c1sc(-c2ccc(Cl)cc2Cl)nc1C. The van der Waals surface area contributed by atoms with E-state index in [2.05, 4.69) is 29.0 Å². The smallest absolute Gasteiger partial charge is 0.263 e. The van der Waals surface area contributed by atoms with Gasteiger partial charge in [-0.25, -0.2) is 4.98 Å². The molecule has 0 aliphatic carbocycles. The molecule has 0 fully saturated rings. The third kappa shape index (κ3) is 4.70. The second-order valence-electron chi connectivity index (χ2n) is 5.34. The third-order valence-corrected chi connectivity index (χ3v) is 5.51. The fourth-order valence-electron chi connectivity index (χ4n) is 2.33. The largest absolute Gasteiger partial charge is 0.350 e. The van der Waals surface area contributed by atoms with E-state index < -0.39 is 0 Å². The highest BCUT2D eigenvalue weighted by Crippen LogP contribution is 2.34. The molecule has 0 saturated carbocycles. The van der Waals surface area contributed by atoms with Crippen LogP contribution in [0.25, 0.3) is 10.6 Å². The topological polar surface area (TPSA) is 45.2 Å². The Balaban J connectivity index is 2.09. The lowest BCUT2D eigenvalue weighted by atomic mass is 10.2. The van der Waals surface area contributed by atoms with Crippen molar-refractivity contribution in [3.05, 3.63) is 38.8 Å². The molecule has 2 aromatic rings. The Hall–Kier alpha value is -1.14. The number of thiazole rings is 1. The lowest BCUT2D eigenvalue weighted by Crippen LogP contribution is -2.34. The Morgan fingerprint density at radius 1 is 1.29 bits per heavy atom. The molecular weight excluding hydrogens is 365 g/mol. The average molecular weight is 386 g/mol. The number of halogens is 2. The summed E-state index contributed by atoms with van der Waals surface area (Å²) in [4.78, 5) is 19.8. The van der Waals surface area contributed by atoms with E-state index in [9.17, 15) is 4.79 Å². The lowest BCUT2D eigenvalue weighted by molar-refractivity contribution is 0.0952. The molecule has 0 spiro atoms. The Labute approximate surface area is 156 Å². The van der Waals surface area contributed by atoms with E-state index in [-0.39, 0.29) is 5.91 Å². The van der Waals surface area contributed by atoms with Crippen molar-refractivity contribution in [2.45, 2.75) is 20.8 Å². The van der Waals surface area contributed by atoms with Crippen molar-refractivity contribution in [2.75, 3.05) is 26.2 Å². The van der Waals surface area contributed by atoms with Gasteiger partial charge in [-0.2, -0.15) is 0 Å². The van der Waals surface area contributed by atoms with Gasteiger partial charge in [-0.05, 0) is 38.2 Å². The summed E-state index contributed by atoms with van der Waals surface area (Å²) in [5, 5.41) is 4.80. The molecule has 0 saturated heterocycles. The number of hydrogen-bond donors (Lipinski definition) is 1. The predicted molar refractivity (Wildman–Crippen MR) is 102 cm³/mol. The van der Waals surface area contributed by atoms with Crippen LogP contribution < -0.4 is 5.32 Å². The minimum atomic E-state index is -0.0894. The van der Waals surface area contributed by atoms with E-state index in [1.54, 1.807) is 12.1 Å². The van der Waals surface area contributed by atoms with Gasteiger partial charge in [-0.1, -0.05) is 37.0 Å². The molecular formula is C17H21Cl2N3OS. The van der Waals surface area contributed by atoms with Gasteiger partial charge in [0.25, 0.3) is 5.91 Å². The van der Waals surface area contributed by atoms with E-state index >= 15 is 0 Å². The maximum atomic E-state index is 12.4. The van der Waals surface area contributed by atoms with Crippen LogP contribution in [-0.2, 0) is 0 Å². The molecule has 130 valence electrons. The molecule has 1 amide bonds. The number of likely N-dealkylation sites (N-methyl/N-ethyl adjacent to an activating group) is 1. The predicted octanol–water partition coefficient (Wildman–Crippen LogP) is 4.50. The number of carbonyl (C=O) groups is 1. The number of rotatable bonds is 7. The second-order valence-corrected chi connectivity index (χ2v) is 7.18. The zero-order valence-corrected chi connectivity index (χ0v) is 16.4. The van der Waals surface area contributed by atoms with E-state index in [1.165, 1.54) is 11.3 Å². The number of carbonyl (C=O) groups excluding carboxylic acids is 1. The molecule has 0 radical (unpaired) electrons. The van der Waals surface area contributed by atoms with Crippen LogP contribution in [-0.4, -0.2) is 42.0 Å². The molecule has 1 N–H and O–H groups in total. The summed E-state index contributed by atoms with van der Waals surface area (Å²) in [6, 6.07) is 5.27. The second kappa shape index (κ2) is 8.81. The fourth-order valence-corrected chi connectivity index (χ4v) is 3.91. The van der Waals surface area contributed by atoms with Crippen LogP contribution in [0.15, 0.2) is 18.2 Å². The number of amides is 1. The normalized spacial score (nSPS) is 11.1. The van der Waals surface area contributed by atoms with Crippen molar-refractivity contribution in [1.82, 2.24) is 15.2 Å². The van der Waals surface area contributed by atoms with Gasteiger partial charge >= 0.3 is 0 Å². The van der Waals surface area contributed by atoms with Gasteiger partial charge in [-0.3, -0.25) is 4.79 Å². The third-order valence-electron chi connectivity index (χ3n) is 3.77. The van der Waals surface area contributed by atoms with Gasteiger partial charge in [0.15, 0.2) is 0 Å². The van der Waals surface area contributed by atoms with Crippen LogP contribution in [0, 0.1) is 6.92 Å². The zero-order chi connectivity index (χ0) is 17.7. The minimum Gasteiger partial charge on any atom is -0.350 e. The summed E-state index contributed by atoms with van der Waals surface area (Å²) in [6.07, 6.45) is 0. The summed E-state index contributed by atoms with van der Waals surface area (Å²) in [6.45, 7) is 9.47. The molecule has 0 bridgehead atoms. The quantitative estimate of drug-likeness (QED) is 0.762. The van der Waals surface area contributed by atoms with Crippen molar-refractivity contribution >= 4 is 40.4 Å². The summed E-state index contributed by atoms with van der Waals surface area (Å²) in [7, 11) is 0. The molecule has 24 heavy (non-hydrogen) atoms. The molecule has 0 unspecified atom stereocenters. The zero-order valence-electron chi connectivity index (χ0n) is 14.0. The van der Waals surface area contributed by atoms with E-state index in [0.29, 0.717) is 27.2 Å². The van der Waals surface area contributed by atoms with Crippen LogP contribution in [0.3, 0.4) is 0 Å². The minimum absolute atomic E-state index is 0.0894. The number of nitrogens with one attached hydrogen (secondary N) is 1. The summed E-state index contributed by atoms with van der Waals surface area (Å²) >= 11 is 13.5. The maximum Gasteiger partial charge on any atom is 0.263 e. The molecule has 2 rings (SSSR count). The van der Waals surface area contributed by atoms with Crippen LogP contribution in [0.1, 0.15) is 29.2 Å². The molecule has 0 aliphatic heterocycles. The highest BCUT2D eigenvalue weighted by Gasteiger charge is 2.17. The number of benzene rings is 1. The van der Waals surface area contributed by atoms with Crippen molar-refractivity contribution in [1.29, 1.82) is 0 Å². The summed E-state index contributed by atoms with van der Waals surface area (Å²) in [5.41, 5.74) is 1.50. The highest BCUT2D eigenvalue weighted by molar-refractivity contribution is 7.17. The van der Waals surface area contributed by atoms with E-state index in [4.69, 9.17) is 23.2 Å². The van der Waals surface area contributed by atoms with Crippen molar-refractivity contribution in [3.8, 4) is 10.6 Å². The monoisotopic (exact) mass is 385 g/mol. The maximum absolute atomic E-state index is 12.4. The molecule has 1 aromatic carbocycles. The van der Waals surface area contributed by atoms with E-state index in [1.807, 2.05) is 13.0 Å². The first-order valence-electron chi connectivity index (χ1n) is 7.89. The molecule has 4 nitrogen and oxygen atoms in total. The molecule has 7 heteroatoms.